The lowest BCUT2D eigenvalue weighted by molar-refractivity contribution is 0.0857. The fourth-order valence-corrected chi connectivity index (χ4v) is 2.91. The van der Waals surface area contributed by atoms with E-state index in [2.05, 4.69) is 10.6 Å². The molecule has 2 aromatic carbocycles. The smallest absolute Gasteiger partial charge is 0.255 e. The number of amides is 2. The third-order valence-electron chi connectivity index (χ3n) is 4.69. The summed E-state index contributed by atoms with van der Waals surface area (Å²) in [7, 11) is 0. The van der Waals surface area contributed by atoms with Crippen LogP contribution in [0.3, 0.4) is 0 Å². The fourth-order valence-electron chi connectivity index (χ4n) is 2.91. The molecule has 1 saturated heterocycles. The minimum Gasteiger partial charge on any atom is -0.376 e. The van der Waals surface area contributed by atoms with Gasteiger partial charge in [-0.1, -0.05) is 6.07 Å². The van der Waals surface area contributed by atoms with Crippen LogP contribution in [-0.4, -0.2) is 31.1 Å². The van der Waals surface area contributed by atoms with Crippen LogP contribution in [0.4, 0.5) is 5.69 Å². The van der Waals surface area contributed by atoms with Crippen LogP contribution in [0.1, 0.15) is 44.7 Å². The minimum atomic E-state index is -0.195. The molecule has 2 aromatic rings. The van der Waals surface area contributed by atoms with E-state index in [0.29, 0.717) is 17.7 Å². The quantitative estimate of drug-likeness (QED) is 0.866. The second-order valence-corrected chi connectivity index (χ2v) is 6.68. The van der Waals surface area contributed by atoms with E-state index in [9.17, 15) is 9.59 Å². The number of anilines is 1. The van der Waals surface area contributed by atoms with Crippen LogP contribution in [0.15, 0.2) is 42.5 Å². The van der Waals surface area contributed by atoms with Crippen molar-refractivity contribution in [2.24, 2.45) is 0 Å². The molecule has 1 fully saturated rings. The second-order valence-electron chi connectivity index (χ2n) is 6.68. The van der Waals surface area contributed by atoms with Crippen molar-refractivity contribution < 1.29 is 14.3 Å². The number of hydrogen-bond acceptors (Lipinski definition) is 3. The molecule has 0 radical (unpaired) electrons. The van der Waals surface area contributed by atoms with Gasteiger partial charge in [0.1, 0.15) is 0 Å². The van der Waals surface area contributed by atoms with Crippen LogP contribution in [0.2, 0.25) is 0 Å². The summed E-state index contributed by atoms with van der Waals surface area (Å²) >= 11 is 0. The molecule has 0 aromatic heterocycles. The Morgan fingerprint density at radius 1 is 1.00 bits per heavy atom. The summed E-state index contributed by atoms with van der Waals surface area (Å²) in [6.07, 6.45) is 2.14. The topological polar surface area (TPSA) is 67.4 Å². The highest BCUT2D eigenvalue weighted by atomic mass is 16.5. The first-order valence-electron chi connectivity index (χ1n) is 8.91. The maximum atomic E-state index is 12.4. The lowest BCUT2D eigenvalue weighted by Crippen LogP contribution is -2.31. The van der Waals surface area contributed by atoms with Crippen molar-refractivity contribution in [3.63, 3.8) is 0 Å². The van der Waals surface area contributed by atoms with Crippen LogP contribution < -0.4 is 10.6 Å². The summed E-state index contributed by atoms with van der Waals surface area (Å²) in [5, 5.41) is 5.76. The van der Waals surface area contributed by atoms with Crippen molar-refractivity contribution >= 4 is 17.5 Å². The molecule has 136 valence electrons. The second kappa shape index (κ2) is 8.15. The summed E-state index contributed by atoms with van der Waals surface area (Å²) in [5.74, 6) is -0.346. The average Bonchev–Trinajstić information content (AvgIpc) is 3.16. The van der Waals surface area contributed by atoms with Crippen molar-refractivity contribution in [1.82, 2.24) is 5.32 Å². The summed E-state index contributed by atoms with van der Waals surface area (Å²) in [4.78, 5) is 24.5. The molecule has 1 aliphatic rings. The minimum absolute atomic E-state index is 0.113. The zero-order chi connectivity index (χ0) is 18.5. The standard InChI is InChI=1S/C21H24N2O3/c1-14-5-10-18(12-15(14)2)23-21(25)17-8-6-16(7-9-17)20(24)22-13-19-4-3-11-26-19/h5-10,12,19H,3-4,11,13H2,1-2H3,(H,22,24)(H,23,25). The highest BCUT2D eigenvalue weighted by molar-refractivity contribution is 6.05. The monoisotopic (exact) mass is 352 g/mol. The first kappa shape index (κ1) is 18.1. The van der Waals surface area contributed by atoms with Crippen LogP contribution in [0.25, 0.3) is 0 Å². The van der Waals surface area contributed by atoms with E-state index < -0.39 is 0 Å². The van der Waals surface area contributed by atoms with Crippen LogP contribution in [-0.2, 0) is 4.74 Å². The van der Waals surface area contributed by atoms with Gasteiger partial charge in [-0.2, -0.15) is 0 Å². The Morgan fingerprint density at radius 2 is 1.69 bits per heavy atom. The first-order chi connectivity index (χ1) is 12.5. The summed E-state index contributed by atoms with van der Waals surface area (Å²) in [6.45, 7) is 5.33. The molecule has 5 heteroatoms. The number of nitrogens with one attached hydrogen (secondary N) is 2. The van der Waals surface area contributed by atoms with E-state index in [1.807, 2.05) is 32.0 Å². The molecule has 1 aliphatic heterocycles. The molecule has 1 unspecified atom stereocenters. The summed E-state index contributed by atoms with van der Waals surface area (Å²) in [6, 6.07) is 12.5. The van der Waals surface area contributed by atoms with Gasteiger partial charge < -0.3 is 15.4 Å². The number of benzene rings is 2. The molecule has 2 amide bonds. The van der Waals surface area contributed by atoms with Gasteiger partial charge in [0.25, 0.3) is 11.8 Å². The van der Waals surface area contributed by atoms with Crippen LogP contribution in [0, 0.1) is 13.8 Å². The number of carbonyl (C=O) groups excluding carboxylic acids is 2. The normalized spacial score (nSPS) is 16.3. The highest BCUT2D eigenvalue weighted by Gasteiger charge is 2.17. The van der Waals surface area contributed by atoms with Crippen LogP contribution in [0.5, 0.6) is 0 Å². The van der Waals surface area contributed by atoms with E-state index in [4.69, 9.17) is 4.74 Å². The van der Waals surface area contributed by atoms with Gasteiger partial charge in [0.05, 0.1) is 6.10 Å². The maximum absolute atomic E-state index is 12.4. The Labute approximate surface area is 153 Å². The SMILES string of the molecule is Cc1ccc(NC(=O)c2ccc(C(=O)NCC3CCCO3)cc2)cc1C. The van der Waals surface area contributed by atoms with Gasteiger partial charge in [0.2, 0.25) is 0 Å². The largest absolute Gasteiger partial charge is 0.376 e. The summed E-state index contributed by atoms with van der Waals surface area (Å²) in [5.41, 5.74) is 4.11. The van der Waals surface area contributed by atoms with E-state index in [1.165, 1.54) is 5.56 Å². The van der Waals surface area contributed by atoms with Gasteiger partial charge in [0.15, 0.2) is 0 Å². The van der Waals surface area contributed by atoms with Gasteiger partial charge in [-0.05, 0) is 74.2 Å². The predicted molar refractivity (Wildman–Crippen MR) is 102 cm³/mol. The van der Waals surface area contributed by atoms with Gasteiger partial charge in [-0.15, -0.1) is 0 Å². The molecule has 0 aliphatic carbocycles. The van der Waals surface area contributed by atoms with Crippen molar-refractivity contribution in [2.45, 2.75) is 32.8 Å². The zero-order valence-corrected chi connectivity index (χ0v) is 15.2. The molecule has 5 nitrogen and oxygen atoms in total. The molecule has 1 atom stereocenters. The Morgan fingerprint density at radius 3 is 2.31 bits per heavy atom. The third-order valence-corrected chi connectivity index (χ3v) is 4.69. The number of carbonyl (C=O) groups is 2. The van der Waals surface area contributed by atoms with Crippen molar-refractivity contribution in [3.8, 4) is 0 Å². The van der Waals surface area contributed by atoms with E-state index >= 15 is 0 Å². The fraction of sp³-hybridized carbons (Fsp3) is 0.333. The van der Waals surface area contributed by atoms with E-state index in [1.54, 1.807) is 24.3 Å². The van der Waals surface area contributed by atoms with Crippen molar-refractivity contribution in [1.29, 1.82) is 0 Å². The maximum Gasteiger partial charge on any atom is 0.255 e. The van der Waals surface area contributed by atoms with Crippen molar-refractivity contribution in [2.75, 3.05) is 18.5 Å². The molecule has 0 bridgehead atoms. The summed E-state index contributed by atoms with van der Waals surface area (Å²) < 4.78 is 5.49. The number of hydrogen-bond donors (Lipinski definition) is 2. The lowest BCUT2D eigenvalue weighted by Gasteiger charge is -2.11. The Balaban J connectivity index is 1.58. The zero-order valence-electron chi connectivity index (χ0n) is 15.2. The molecule has 0 spiro atoms. The molecule has 2 N–H and O–H groups in total. The lowest BCUT2D eigenvalue weighted by atomic mass is 10.1. The van der Waals surface area contributed by atoms with E-state index in [-0.39, 0.29) is 17.9 Å². The molecular formula is C21H24N2O3. The molecule has 1 heterocycles. The van der Waals surface area contributed by atoms with Gasteiger partial charge in [-0.25, -0.2) is 0 Å². The number of aryl methyl sites for hydroxylation is 2. The molecule has 3 rings (SSSR count). The van der Waals surface area contributed by atoms with Gasteiger partial charge in [0, 0.05) is 30.0 Å². The average molecular weight is 352 g/mol. The predicted octanol–water partition coefficient (Wildman–Crippen LogP) is 3.46. The third kappa shape index (κ3) is 4.49. The molecule has 0 saturated carbocycles. The Kier molecular flexibility index (Phi) is 5.68. The number of ether oxygens (including phenoxy) is 1. The van der Waals surface area contributed by atoms with Crippen LogP contribution >= 0.6 is 0 Å². The highest BCUT2D eigenvalue weighted by Crippen LogP contribution is 2.16. The first-order valence-corrected chi connectivity index (χ1v) is 8.91. The van der Waals surface area contributed by atoms with Gasteiger partial charge >= 0.3 is 0 Å². The number of rotatable bonds is 5. The Hall–Kier alpha value is -2.66. The Bertz CT molecular complexity index is 793. The van der Waals surface area contributed by atoms with E-state index in [0.717, 1.165) is 30.7 Å². The van der Waals surface area contributed by atoms with Gasteiger partial charge in [-0.3, -0.25) is 9.59 Å². The molecule has 26 heavy (non-hydrogen) atoms. The molecular weight excluding hydrogens is 328 g/mol. The van der Waals surface area contributed by atoms with Crippen molar-refractivity contribution in [3.05, 3.63) is 64.7 Å².